The SMILES string of the molecule is Nc1ccc(N=Nc2cc(S(=O)(=O)O)cc(N=Nc3ccc(O)c(N=Nc4ccc(N=Nc5ccc(O)c(C(=O)O)c5)cc4)c3O)c2O)c(N)c1. The van der Waals surface area contributed by atoms with Gasteiger partial charge in [0.05, 0.1) is 27.6 Å². The van der Waals surface area contributed by atoms with Gasteiger partial charge in [0.1, 0.15) is 39.8 Å². The molecule has 20 heteroatoms. The van der Waals surface area contributed by atoms with E-state index in [9.17, 15) is 38.2 Å². The van der Waals surface area contributed by atoms with Gasteiger partial charge in [-0.15, -0.1) is 25.6 Å². The Morgan fingerprint density at radius 1 is 0.549 bits per heavy atom. The van der Waals surface area contributed by atoms with Crippen LogP contribution < -0.4 is 11.5 Å². The standard InChI is InChI=1S/C31H24N10O9S/c32-15-1-7-22(21(33)11-15)37-39-24-13-19(51(48,49)50)14-25(29(24)44)40-38-23-8-10-27(43)28(30(23)45)41-35-17-4-2-16(3-5-17)34-36-18-6-9-26(42)20(12-18)31(46)47/h1-14,42-45H,32-33H2,(H,46,47)(H,48,49,50). The molecule has 0 heterocycles. The van der Waals surface area contributed by atoms with Crippen LogP contribution in [0.1, 0.15) is 10.4 Å². The van der Waals surface area contributed by atoms with Crippen LogP contribution >= 0.6 is 0 Å². The molecule has 0 bridgehead atoms. The van der Waals surface area contributed by atoms with Crippen LogP contribution in [0.5, 0.6) is 23.0 Å². The molecule has 0 aliphatic carbocycles. The van der Waals surface area contributed by atoms with E-state index in [0.717, 1.165) is 30.3 Å². The number of azo groups is 4. The van der Waals surface area contributed by atoms with Crippen LogP contribution in [0.4, 0.5) is 56.9 Å². The first kappa shape index (κ1) is 35.0. The third kappa shape index (κ3) is 8.40. The van der Waals surface area contributed by atoms with Crippen molar-refractivity contribution >= 4 is 73.0 Å². The fourth-order valence-corrected chi connectivity index (χ4v) is 4.59. The van der Waals surface area contributed by atoms with E-state index in [1.807, 2.05) is 0 Å². The minimum atomic E-state index is -4.83. The molecule has 0 amide bonds. The van der Waals surface area contributed by atoms with E-state index in [2.05, 4.69) is 40.9 Å². The second-order valence-electron chi connectivity index (χ2n) is 10.2. The summed E-state index contributed by atoms with van der Waals surface area (Å²) in [6.45, 7) is 0. The number of carboxylic acids is 1. The lowest BCUT2D eigenvalue weighted by Gasteiger charge is -2.06. The highest BCUT2D eigenvalue weighted by Crippen LogP contribution is 2.46. The highest BCUT2D eigenvalue weighted by molar-refractivity contribution is 7.85. The van der Waals surface area contributed by atoms with Gasteiger partial charge in [-0.2, -0.15) is 23.8 Å². The first-order valence-electron chi connectivity index (χ1n) is 14.1. The number of nitrogen functional groups attached to an aromatic ring is 2. The zero-order valence-electron chi connectivity index (χ0n) is 25.6. The molecular weight excluding hydrogens is 688 g/mol. The number of phenolic OH excluding ortho intramolecular Hbond substituents is 3. The lowest BCUT2D eigenvalue weighted by Crippen LogP contribution is -1.97. The predicted octanol–water partition coefficient (Wildman–Crippen LogP) is 8.28. The molecule has 10 N–H and O–H groups in total. The number of hydrogen-bond acceptors (Lipinski definition) is 17. The number of benzene rings is 5. The Balaban J connectivity index is 1.38. The van der Waals surface area contributed by atoms with Gasteiger partial charge in [-0.25, -0.2) is 4.79 Å². The molecule has 0 spiro atoms. The molecule has 5 aromatic carbocycles. The smallest absolute Gasteiger partial charge is 0.339 e. The molecule has 0 aliphatic heterocycles. The number of carboxylic acid groups (broad SMARTS) is 1. The van der Waals surface area contributed by atoms with Gasteiger partial charge in [-0.05, 0) is 84.9 Å². The van der Waals surface area contributed by atoms with Crippen molar-refractivity contribution in [1.82, 2.24) is 0 Å². The minimum absolute atomic E-state index is 0.143. The van der Waals surface area contributed by atoms with Gasteiger partial charge in [0.25, 0.3) is 10.1 Å². The summed E-state index contributed by atoms with van der Waals surface area (Å²) in [6.07, 6.45) is 0. The number of aromatic hydroxyl groups is 4. The zero-order valence-corrected chi connectivity index (χ0v) is 26.4. The van der Waals surface area contributed by atoms with Crippen molar-refractivity contribution in [3.05, 3.63) is 90.5 Å². The first-order valence-corrected chi connectivity index (χ1v) is 15.5. The minimum Gasteiger partial charge on any atom is -0.507 e. The van der Waals surface area contributed by atoms with Gasteiger partial charge in [0.15, 0.2) is 17.2 Å². The van der Waals surface area contributed by atoms with Crippen molar-refractivity contribution in [2.24, 2.45) is 40.9 Å². The third-order valence-corrected chi connectivity index (χ3v) is 7.47. The predicted molar refractivity (Wildman–Crippen MR) is 181 cm³/mol. The number of rotatable bonds is 10. The topological polar surface area (TPSA) is 324 Å². The van der Waals surface area contributed by atoms with Crippen molar-refractivity contribution in [3.63, 3.8) is 0 Å². The van der Waals surface area contributed by atoms with Crippen molar-refractivity contribution in [3.8, 4) is 23.0 Å². The van der Waals surface area contributed by atoms with E-state index >= 15 is 0 Å². The molecule has 0 saturated carbocycles. The molecule has 5 aromatic rings. The maximum Gasteiger partial charge on any atom is 0.339 e. The van der Waals surface area contributed by atoms with E-state index < -0.39 is 61.0 Å². The molecule has 0 radical (unpaired) electrons. The number of anilines is 2. The molecule has 0 atom stereocenters. The van der Waals surface area contributed by atoms with Crippen molar-refractivity contribution < 1.29 is 43.3 Å². The summed E-state index contributed by atoms with van der Waals surface area (Å²) in [7, 11) is -4.83. The third-order valence-electron chi connectivity index (χ3n) is 6.64. The average Bonchev–Trinajstić information content (AvgIpc) is 3.08. The van der Waals surface area contributed by atoms with E-state index in [-0.39, 0.29) is 34.0 Å². The number of nitrogens with two attached hydrogens (primary N) is 2. The number of nitrogens with zero attached hydrogens (tertiary/aromatic N) is 8. The molecule has 19 nitrogen and oxygen atoms in total. The van der Waals surface area contributed by atoms with E-state index in [1.54, 1.807) is 0 Å². The Bertz CT molecular complexity index is 2400. The number of phenols is 4. The average molecular weight is 713 g/mol. The summed E-state index contributed by atoms with van der Waals surface area (Å²) in [6, 6.07) is 17.9. The molecule has 5 rings (SSSR count). The van der Waals surface area contributed by atoms with E-state index in [1.165, 1.54) is 54.6 Å². The van der Waals surface area contributed by atoms with Crippen LogP contribution in [-0.4, -0.2) is 44.5 Å². The number of aromatic carboxylic acids is 1. The number of carbonyl (C=O) groups is 1. The number of hydrogen-bond donors (Lipinski definition) is 8. The zero-order chi connectivity index (χ0) is 36.9. The second kappa shape index (κ2) is 14.4. The normalized spacial score (nSPS) is 12.1. The summed E-state index contributed by atoms with van der Waals surface area (Å²) in [4.78, 5) is 10.5. The molecular formula is C31H24N10O9S. The van der Waals surface area contributed by atoms with Crippen LogP contribution in [-0.2, 0) is 10.1 Å². The lowest BCUT2D eigenvalue weighted by atomic mass is 10.2. The highest BCUT2D eigenvalue weighted by Gasteiger charge is 2.19. The molecule has 0 aromatic heterocycles. The molecule has 51 heavy (non-hydrogen) atoms. The van der Waals surface area contributed by atoms with Crippen LogP contribution in [0.2, 0.25) is 0 Å². The fraction of sp³-hybridized carbons (Fsp3) is 0. The van der Waals surface area contributed by atoms with E-state index in [0.29, 0.717) is 11.4 Å². The van der Waals surface area contributed by atoms with Crippen molar-refractivity contribution in [1.29, 1.82) is 0 Å². The Kier molecular flexibility index (Phi) is 9.90. The van der Waals surface area contributed by atoms with Gasteiger partial charge < -0.3 is 37.0 Å². The van der Waals surface area contributed by atoms with Crippen LogP contribution in [0.3, 0.4) is 0 Å². The molecule has 258 valence electrons. The quantitative estimate of drug-likeness (QED) is 0.0386. The Morgan fingerprint density at radius 2 is 1.06 bits per heavy atom. The van der Waals surface area contributed by atoms with Crippen LogP contribution in [0, 0.1) is 0 Å². The summed E-state index contributed by atoms with van der Waals surface area (Å²) < 4.78 is 33.5. The van der Waals surface area contributed by atoms with Gasteiger partial charge in [-0.1, -0.05) is 0 Å². The Labute approximate surface area is 286 Å². The van der Waals surface area contributed by atoms with Gasteiger partial charge in [0, 0.05) is 5.69 Å². The van der Waals surface area contributed by atoms with Crippen molar-refractivity contribution in [2.75, 3.05) is 11.5 Å². The van der Waals surface area contributed by atoms with Crippen molar-refractivity contribution in [2.45, 2.75) is 4.90 Å². The molecule has 0 aliphatic rings. The van der Waals surface area contributed by atoms with Crippen LogP contribution in [0.25, 0.3) is 0 Å². The summed E-state index contributed by atoms with van der Waals surface area (Å²) in [5.74, 6) is -3.62. The maximum atomic E-state index is 11.9. The maximum absolute atomic E-state index is 11.9. The van der Waals surface area contributed by atoms with E-state index in [4.69, 9.17) is 16.6 Å². The Morgan fingerprint density at radius 3 is 1.65 bits per heavy atom. The molecule has 0 unspecified atom stereocenters. The lowest BCUT2D eigenvalue weighted by molar-refractivity contribution is 0.0693. The fourth-order valence-electron chi connectivity index (χ4n) is 4.06. The van der Waals surface area contributed by atoms with Gasteiger partial charge in [0.2, 0.25) is 0 Å². The summed E-state index contributed by atoms with van der Waals surface area (Å²) in [5, 5.41) is 81.8. The first-order chi connectivity index (χ1) is 24.2. The summed E-state index contributed by atoms with van der Waals surface area (Å²) in [5.41, 5.74) is 11.0. The van der Waals surface area contributed by atoms with Gasteiger partial charge >= 0.3 is 5.97 Å². The molecule has 0 fully saturated rings. The van der Waals surface area contributed by atoms with Gasteiger partial charge in [-0.3, -0.25) is 4.55 Å². The Hall–Kier alpha value is -7.32. The molecule has 0 saturated heterocycles. The van der Waals surface area contributed by atoms with Crippen LogP contribution in [0.15, 0.2) is 131 Å². The highest BCUT2D eigenvalue weighted by atomic mass is 32.2. The summed E-state index contributed by atoms with van der Waals surface area (Å²) >= 11 is 0. The monoisotopic (exact) mass is 712 g/mol. The largest absolute Gasteiger partial charge is 0.507 e. The second-order valence-corrected chi connectivity index (χ2v) is 11.6.